The van der Waals surface area contributed by atoms with Crippen molar-refractivity contribution in [1.82, 2.24) is 19.4 Å². The molecule has 1 aliphatic rings. The van der Waals surface area contributed by atoms with Gasteiger partial charge in [-0.1, -0.05) is 54.9 Å². The van der Waals surface area contributed by atoms with Crippen LogP contribution in [0.5, 0.6) is 0 Å². The van der Waals surface area contributed by atoms with E-state index >= 15 is 0 Å². The van der Waals surface area contributed by atoms with E-state index in [2.05, 4.69) is 5.32 Å². The minimum absolute atomic E-state index is 0.00731. The van der Waals surface area contributed by atoms with Crippen LogP contribution in [0.4, 0.5) is 0 Å². The molecule has 1 saturated carbocycles. The summed E-state index contributed by atoms with van der Waals surface area (Å²) in [6.45, 7) is 3.94. The largest absolute Gasteiger partial charge is 0.353 e. The zero-order chi connectivity index (χ0) is 21.3. The van der Waals surface area contributed by atoms with Crippen LogP contribution in [0.1, 0.15) is 45.6 Å². The third-order valence-electron chi connectivity index (χ3n) is 5.64. The lowest BCUT2D eigenvalue weighted by Crippen LogP contribution is -2.34. The van der Waals surface area contributed by atoms with Gasteiger partial charge in [0.25, 0.3) is 5.56 Å². The topological polar surface area (TPSA) is 68.9 Å². The molecule has 1 aromatic carbocycles. The van der Waals surface area contributed by atoms with Crippen LogP contribution in [-0.4, -0.2) is 31.8 Å². The van der Waals surface area contributed by atoms with Gasteiger partial charge in [-0.15, -0.1) is 0 Å². The molecule has 0 atom stereocenters. The number of nitrogens with zero attached hydrogens (tertiary/aromatic N) is 3. The van der Waals surface area contributed by atoms with Crippen LogP contribution in [-0.2, 0) is 11.8 Å². The predicted octanol–water partition coefficient (Wildman–Crippen LogP) is 4.13. The molecular weight excluding hydrogens is 396 g/mol. The number of fused-ring (bicyclic) bond motifs is 1. The van der Waals surface area contributed by atoms with E-state index in [1.54, 1.807) is 4.57 Å². The molecule has 3 aromatic rings. The van der Waals surface area contributed by atoms with Crippen molar-refractivity contribution in [3.8, 4) is 11.1 Å². The second-order valence-electron chi connectivity index (χ2n) is 8.22. The average Bonchev–Trinajstić information content (AvgIpc) is 3.34. The summed E-state index contributed by atoms with van der Waals surface area (Å²) in [5.74, 6) is 0.266. The molecule has 2 heterocycles. The Hall–Kier alpha value is -2.54. The maximum atomic E-state index is 13.4. The van der Waals surface area contributed by atoms with Crippen LogP contribution in [0.15, 0.2) is 46.5 Å². The van der Waals surface area contributed by atoms with Crippen LogP contribution in [0.3, 0.4) is 0 Å². The summed E-state index contributed by atoms with van der Waals surface area (Å²) in [6, 6.07) is 10.2. The zero-order valence-electron chi connectivity index (χ0n) is 17.7. The summed E-state index contributed by atoms with van der Waals surface area (Å²) < 4.78 is 3.55. The normalized spacial score (nSPS) is 14.7. The third-order valence-corrected chi connectivity index (χ3v) is 6.60. The van der Waals surface area contributed by atoms with Gasteiger partial charge >= 0.3 is 0 Å². The fraction of sp³-hybridized carbons (Fsp3) is 0.435. The average molecular weight is 425 g/mol. The zero-order valence-corrected chi connectivity index (χ0v) is 18.5. The summed E-state index contributed by atoms with van der Waals surface area (Å²) in [4.78, 5) is 30.7. The van der Waals surface area contributed by atoms with Gasteiger partial charge in [0, 0.05) is 30.9 Å². The highest BCUT2D eigenvalue weighted by molar-refractivity contribution is 7.99. The lowest BCUT2D eigenvalue weighted by molar-refractivity contribution is -0.119. The predicted molar refractivity (Wildman–Crippen MR) is 122 cm³/mol. The van der Waals surface area contributed by atoms with Crippen molar-refractivity contribution in [1.29, 1.82) is 0 Å². The number of amides is 1. The number of aromatic nitrogens is 3. The molecule has 158 valence electrons. The van der Waals surface area contributed by atoms with E-state index in [1.807, 2.05) is 62.0 Å². The fourth-order valence-corrected chi connectivity index (χ4v) is 5.12. The molecule has 1 N–H and O–H groups in total. The number of hydrogen-bond donors (Lipinski definition) is 1. The summed E-state index contributed by atoms with van der Waals surface area (Å²) in [5.41, 5.74) is 3.15. The maximum Gasteiger partial charge on any atom is 0.278 e. The van der Waals surface area contributed by atoms with Crippen molar-refractivity contribution in [3.63, 3.8) is 0 Å². The number of carbonyl (C=O) groups is 1. The van der Waals surface area contributed by atoms with Crippen LogP contribution >= 0.6 is 11.8 Å². The van der Waals surface area contributed by atoms with E-state index in [-0.39, 0.29) is 23.3 Å². The molecule has 7 heteroatoms. The Kier molecular flexibility index (Phi) is 5.99. The molecule has 0 radical (unpaired) electrons. The second-order valence-corrected chi connectivity index (χ2v) is 9.16. The minimum atomic E-state index is -0.0709. The van der Waals surface area contributed by atoms with Crippen molar-refractivity contribution in [2.45, 2.75) is 56.8 Å². The van der Waals surface area contributed by atoms with Crippen molar-refractivity contribution >= 4 is 28.7 Å². The smallest absolute Gasteiger partial charge is 0.278 e. The van der Waals surface area contributed by atoms with E-state index in [1.165, 1.54) is 24.6 Å². The van der Waals surface area contributed by atoms with E-state index in [4.69, 9.17) is 4.98 Å². The van der Waals surface area contributed by atoms with Gasteiger partial charge in [-0.05, 0) is 32.3 Å². The molecule has 0 spiro atoms. The van der Waals surface area contributed by atoms with Gasteiger partial charge in [-0.3, -0.25) is 14.2 Å². The first-order valence-electron chi connectivity index (χ1n) is 10.5. The van der Waals surface area contributed by atoms with Gasteiger partial charge in [0.15, 0.2) is 5.16 Å². The van der Waals surface area contributed by atoms with Crippen molar-refractivity contribution in [2.75, 3.05) is 5.75 Å². The first kappa shape index (κ1) is 20.7. The summed E-state index contributed by atoms with van der Waals surface area (Å²) >= 11 is 1.34. The number of carbonyl (C=O) groups excluding carboxylic acids is 1. The molecular formula is C23H28N4O2S. The number of nitrogens with one attached hydrogen (secondary N) is 1. The molecule has 2 aromatic heterocycles. The highest BCUT2D eigenvalue weighted by Crippen LogP contribution is 2.30. The minimum Gasteiger partial charge on any atom is -0.353 e. The monoisotopic (exact) mass is 424 g/mol. The highest BCUT2D eigenvalue weighted by atomic mass is 32.2. The molecule has 0 aliphatic heterocycles. The van der Waals surface area contributed by atoms with Crippen LogP contribution in [0.25, 0.3) is 22.2 Å². The molecule has 6 nitrogen and oxygen atoms in total. The van der Waals surface area contributed by atoms with Gasteiger partial charge in [0.2, 0.25) is 5.91 Å². The van der Waals surface area contributed by atoms with E-state index in [0.717, 1.165) is 24.0 Å². The van der Waals surface area contributed by atoms with Crippen LogP contribution in [0, 0.1) is 0 Å². The van der Waals surface area contributed by atoms with Gasteiger partial charge in [0.1, 0.15) is 11.0 Å². The third kappa shape index (κ3) is 4.03. The standard InChI is InChI=1S/C23H28N4O2S/c1-15(2)27-22(29)21-20(18(13-26(21)3)16-9-5-4-6-10-16)25-23(27)30-14-19(28)24-17-11-7-8-12-17/h4-6,9-10,13,15,17H,7-8,11-12,14H2,1-3H3,(H,24,28). The fourth-order valence-electron chi connectivity index (χ4n) is 4.19. The molecule has 30 heavy (non-hydrogen) atoms. The second kappa shape index (κ2) is 8.68. The molecule has 4 rings (SSSR count). The Balaban J connectivity index is 1.71. The van der Waals surface area contributed by atoms with Crippen molar-refractivity contribution in [2.24, 2.45) is 7.05 Å². The first-order valence-corrected chi connectivity index (χ1v) is 11.5. The molecule has 1 fully saturated rings. The lowest BCUT2D eigenvalue weighted by atomic mass is 10.1. The van der Waals surface area contributed by atoms with Gasteiger partial charge in [0.05, 0.1) is 5.75 Å². The maximum absolute atomic E-state index is 13.4. The summed E-state index contributed by atoms with van der Waals surface area (Å²) in [6.07, 6.45) is 6.43. The SMILES string of the molecule is CC(C)n1c(SCC(=O)NC2CCCC2)nc2c(-c3ccccc3)cn(C)c2c1=O. The van der Waals surface area contributed by atoms with E-state index < -0.39 is 0 Å². The molecule has 0 unspecified atom stereocenters. The number of aryl methyl sites for hydroxylation is 1. The quantitative estimate of drug-likeness (QED) is 0.477. The molecule has 1 amide bonds. The van der Waals surface area contributed by atoms with E-state index in [0.29, 0.717) is 22.2 Å². The molecule has 1 aliphatic carbocycles. The number of benzene rings is 1. The number of rotatable bonds is 6. The number of hydrogen-bond acceptors (Lipinski definition) is 4. The molecule has 0 bridgehead atoms. The van der Waals surface area contributed by atoms with Crippen molar-refractivity contribution < 1.29 is 4.79 Å². The Labute approximate surface area is 180 Å². The lowest BCUT2D eigenvalue weighted by Gasteiger charge is -2.16. The Morgan fingerprint density at radius 3 is 2.60 bits per heavy atom. The van der Waals surface area contributed by atoms with Gasteiger partial charge in [-0.25, -0.2) is 4.98 Å². The van der Waals surface area contributed by atoms with Gasteiger partial charge in [-0.2, -0.15) is 0 Å². The number of thioether (sulfide) groups is 1. The first-order chi connectivity index (χ1) is 14.5. The summed E-state index contributed by atoms with van der Waals surface area (Å²) in [7, 11) is 1.88. The highest BCUT2D eigenvalue weighted by Gasteiger charge is 2.22. The summed E-state index contributed by atoms with van der Waals surface area (Å²) in [5, 5.41) is 3.70. The van der Waals surface area contributed by atoms with Crippen molar-refractivity contribution in [3.05, 3.63) is 46.9 Å². The van der Waals surface area contributed by atoms with Crippen LogP contribution in [0.2, 0.25) is 0 Å². The van der Waals surface area contributed by atoms with Gasteiger partial charge < -0.3 is 9.88 Å². The van der Waals surface area contributed by atoms with Crippen LogP contribution < -0.4 is 10.9 Å². The Morgan fingerprint density at radius 2 is 1.93 bits per heavy atom. The Morgan fingerprint density at radius 1 is 1.23 bits per heavy atom. The molecule has 0 saturated heterocycles. The van der Waals surface area contributed by atoms with E-state index in [9.17, 15) is 9.59 Å². The Bertz CT molecular complexity index is 1110.